The summed E-state index contributed by atoms with van der Waals surface area (Å²) >= 11 is 3.42. The number of esters is 1. The van der Waals surface area contributed by atoms with Gasteiger partial charge >= 0.3 is 5.97 Å². The third-order valence-corrected chi connectivity index (χ3v) is 5.05. The van der Waals surface area contributed by atoms with Gasteiger partial charge in [-0.2, -0.15) is 0 Å². The van der Waals surface area contributed by atoms with Crippen LogP contribution < -0.4 is 0 Å². The lowest BCUT2D eigenvalue weighted by molar-refractivity contribution is -0.159. The van der Waals surface area contributed by atoms with Crippen molar-refractivity contribution in [3.63, 3.8) is 0 Å². The number of hydrogen-bond acceptors (Lipinski definition) is 4. The van der Waals surface area contributed by atoms with Crippen LogP contribution in [-0.2, 0) is 22.4 Å². The number of ether oxygens (including phenoxy) is 1. The maximum absolute atomic E-state index is 12.6. The molecular weight excluding hydrogens is 324 g/mol. The van der Waals surface area contributed by atoms with Crippen LogP contribution in [0, 0.1) is 5.92 Å². The zero-order chi connectivity index (χ0) is 16.9. The Balaban J connectivity index is 2.12. The summed E-state index contributed by atoms with van der Waals surface area (Å²) in [6.45, 7) is 5.75. The highest BCUT2D eigenvalue weighted by Crippen LogP contribution is 2.23. The lowest BCUT2D eigenvalue weighted by Gasteiger charge is -2.24. The molecule has 0 aliphatic carbocycles. The van der Waals surface area contributed by atoms with Gasteiger partial charge in [-0.3, -0.25) is 4.79 Å². The molecule has 0 fully saturated rings. The summed E-state index contributed by atoms with van der Waals surface area (Å²) in [7, 11) is 0. The first-order valence-electron chi connectivity index (χ1n) is 7.75. The van der Waals surface area contributed by atoms with E-state index in [2.05, 4.69) is 42.0 Å². The molecule has 0 unspecified atom stereocenters. The summed E-state index contributed by atoms with van der Waals surface area (Å²) < 4.78 is 5.63. The molecule has 2 aromatic rings. The van der Waals surface area contributed by atoms with Crippen molar-refractivity contribution in [1.82, 2.24) is 0 Å². The molecule has 0 bridgehead atoms. The van der Waals surface area contributed by atoms with E-state index >= 15 is 0 Å². The first-order valence-corrected chi connectivity index (χ1v) is 9.86. The van der Waals surface area contributed by atoms with E-state index in [0.717, 1.165) is 6.42 Å². The van der Waals surface area contributed by atoms with E-state index in [1.165, 1.54) is 15.3 Å². The number of rotatable bonds is 6. The van der Waals surface area contributed by atoms with Crippen LogP contribution in [0.3, 0.4) is 0 Å². The Labute approximate surface area is 147 Å². The molecule has 0 saturated heterocycles. The standard InChI is InChI=1S/C19H24O2S2/c1-19(2,3)21-18(20)15(13-17-6-5-11-23-17)12-14-7-9-16(22-4)10-8-14/h5-11,15H,12-13H2,1-4H3/t15-/m0/s1. The average molecular weight is 349 g/mol. The molecule has 1 aromatic heterocycles. The van der Waals surface area contributed by atoms with Crippen LogP contribution in [0.1, 0.15) is 31.2 Å². The van der Waals surface area contributed by atoms with E-state index in [1.807, 2.05) is 26.8 Å². The van der Waals surface area contributed by atoms with Crippen molar-refractivity contribution in [3.05, 3.63) is 52.2 Å². The Morgan fingerprint density at radius 2 is 1.87 bits per heavy atom. The van der Waals surface area contributed by atoms with Gasteiger partial charge in [0.1, 0.15) is 5.60 Å². The van der Waals surface area contributed by atoms with Gasteiger partial charge in [-0.15, -0.1) is 23.1 Å². The fraction of sp³-hybridized carbons (Fsp3) is 0.421. The zero-order valence-electron chi connectivity index (χ0n) is 14.2. The van der Waals surface area contributed by atoms with Gasteiger partial charge < -0.3 is 4.74 Å². The van der Waals surface area contributed by atoms with Gasteiger partial charge in [0.2, 0.25) is 0 Å². The Kier molecular flexibility index (Phi) is 6.31. The minimum atomic E-state index is -0.451. The van der Waals surface area contributed by atoms with E-state index in [-0.39, 0.29) is 11.9 Å². The monoisotopic (exact) mass is 348 g/mol. The Hall–Kier alpha value is -1.26. The van der Waals surface area contributed by atoms with Gasteiger partial charge in [0.15, 0.2) is 0 Å². The average Bonchev–Trinajstić information content (AvgIpc) is 2.98. The molecule has 1 aromatic carbocycles. The van der Waals surface area contributed by atoms with Crippen molar-refractivity contribution < 1.29 is 9.53 Å². The molecule has 2 nitrogen and oxygen atoms in total. The number of benzene rings is 1. The number of thioether (sulfide) groups is 1. The zero-order valence-corrected chi connectivity index (χ0v) is 15.8. The second kappa shape index (κ2) is 8.02. The van der Waals surface area contributed by atoms with Gasteiger partial charge in [0.25, 0.3) is 0 Å². The molecule has 1 atom stereocenters. The molecule has 0 spiro atoms. The molecule has 0 aliphatic rings. The minimum absolute atomic E-state index is 0.111. The first kappa shape index (κ1) is 18.1. The molecule has 2 rings (SSSR count). The quantitative estimate of drug-likeness (QED) is 0.529. The largest absolute Gasteiger partial charge is 0.460 e. The summed E-state index contributed by atoms with van der Waals surface area (Å²) in [5.74, 6) is -0.257. The molecule has 0 N–H and O–H groups in total. The van der Waals surface area contributed by atoms with Crippen molar-refractivity contribution in [2.24, 2.45) is 5.92 Å². The molecule has 0 amide bonds. The summed E-state index contributed by atoms with van der Waals surface area (Å²) in [6.07, 6.45) is 3.51. The summed E-state index contributed by atoms with van der Waals surface area (Å²) in [6, 6.07) is 12.5. The molecule has 0 aliphatic heterocycles. The van der Waals surface area contributed by atoms with E-state index in [0.29, 0.717) is 6.42 Å². The van der Waals surface area contributed by atoms with E-state index < -0.39 is 5.60 Å². The van der Waals surface area contributed by atoms with Crippen molar-refractivity contribution in [1.29, 1.82) is 0 Å². The number of thiophene rings is 1. The summed E-state index contributed by atoms with van der Waals surface area (Å²) in [4.78, 5) is 15.1. The Morgan fingerprint density at radius 3 is 2.39 bits per heavy atom. The minimum Gasteiger partial charge on any atom is -0.460 e. The Morgan fingerprint density at radius 1 is 1.17 bits per heavy atom. The van der Waals surface area contributed by atoms with Gasteiger partial charge in [0, 0.05) is 9.77 Å². The topological polar surface area (TPSA) is 26.3 Å². The first-order chi connectivity index (χ1) is 10.9. The van der Waals surface area contributed by atoms with Crippen LogP contribution in [0.2, 0.25) is 0 Å². The van der Waals surface area contributed by atoms with Crippen LogP contribution in [0.4, 0.5) is 0 Å². The number of carbonyl (C=O) groups is 1. The van der Waals surface area contributed by atoms with Crippen molar-refractivity contribution >= 4 is 29.1 Å². The highest BCUT2D eigenvalue weighted by molar-refractivity contribution is 7.98. The van der Waals surface area contributed by atoms with E-state index in [1.54, 1.807) is 23.1 Å². The Bertz CT molecular complexity index is 610. The lowest BCUT2D eigenvalue weighted by Crippen LogP contribution is -2.30. The SMILES string of the molecule is CSc1ccc(C[C@@H](Cc2cccs2)C(=O)OC(C)(C)C)cc1. The van der Waals surface area contributed by atoms with Crippen LogP contribution in [-0.4, -0.2) is 17.8 Å². The normalized spacial score (nSPS) is 12.9. The van der Waals surface area contributed by atoms with Crippen LogP contribution in [0.15, 0.2) is 46.7 Å². The maximum Gasteiger partial charge on any atom is 0.310 e. The molecule has 1 heterocycles. The molecule has 124 valence electrons. The van der Waals surface area contributed by atoms with Crippen LogP contribution >= 0.6 is 23.1 Å². The highest BCUT2D eigenvalue weighted by Gasteiger charge is 2.26. The fourth-order valence-electron chi connectivity index (χ4n) is 2.34. The molecule has 0 saturated carbocycles. The second-order valence-corrected chi connectivity index (χ2v) is 8.48. The predicted molar refractivity (Wildman–Crippen MR) is 99.3 cm³/mol. The van der Waals surface area contributed by atoms with Crippen molar-refractivity contribution in [2.75, 3.05) is 6.26 Å². The number of hydrogen-bond donors (Lipinski definition) is 0. The van der Waals surface area contributed by atoms with Gasteiger partial charge in [-0.05, 0) is 69.0 Å². The third kappa shape index (κ3) is 6.04. The van der Waals surface area contributed by atoms with Gasteiger partial charge in [-0.1, -0.05) is 18.2 Å². The van der Waals surface area contributed by atoms with Gasteiger partial charge in [0.05, 0.1) is 5.92 Å². The maximum atomic E-state index is 12.6. The van der Waals surface area contributed by atoms with Crippen molar-refractivity contribution in [3.8, 4) is 0 Å². The number of carbonyl (C=O) groups excluding carboxylic acids is 1. The van der Waals surface area contributed by atoms with E-state index in [9.17, 15) is 4.79 Å². The molecule has 23 heavy (non-hydrogen) atoms. The summed E-state index contributed by atoms with van der Waals surface area (Å²) in [5.41, 5.74) is 0.725. The fourth-order valence-corrected chi connectivity index (χ4v) is 3.54. The van der Waals surface area contributed by atoms with Gasteiger partial charge in [-0.25, -0.2) is 0 Å². The smallest absolute Gasteiger partial charge is 0.310 e. The van der Waals surface area contributed by atoms with Crippen LogP contribution in [0.5, 0.6) is 0 Å². The molecule has 0 radical (unpaired) electrons. The highest BCUT2D eigenvalue weighted by atomic mass is 32.2. The third-order valence-electron chi connectivity index (χ3n) is 3.41. The van der Waals surface area contributed by atoms with E-state index in [4.69, 9.17) is 4.74 Å². The molecular formula is C19H24O2S2. The molecule has 4 heteroatoms. The lowest BCUT2D eigenvalue weighted by atomic mass is 9.95. The summed E-state index contributed by atoms with van der Waals surface area (Å²) in [5, 5.41) is 2.05. The van der Waals surface area contributed by atoms with Crippen LogP contribution in [0.25, 0.3) is 0 Å². The second-order valence-electron chi connectivity index (χ2n) is 6.57. The predicted octanol–water partition coefficient (Wildman–Crippen LogP) is 5.21. The van der Waals surface area contributed by atoms with Crippen molar-refractivity contribution in [2.45, 2.75) is 44.1 Å².